The summed E-state index contributed by atoms with van der Waals surface area (Å²) in [5.41, 5.74) is 3.63. The van der Waals surface area contributed by atoms with Crippen LogP contribution in [0.25, 0.3) is 5.57 Å². The molecule has 1 aliphatic rings. The lowest BCUT2D eigenvalue weighted by Gasteiger charge is -2.19. The van der Waals surface area contributed by atoms with Gasteiger partial charge in [-0.25, -0.2) is 9.97 Å². The largest absolute Gasteiger partial charge is 0.339 e. The molecule has 8 heteroatoms. The van der Waals surface area contributed by atoms with E-state index in [0.29, 0.717) is 36.6 Å². The molecule has 0 aliphatic carbocycles. The van der Waals surface area contributed by atoms with Crippen molar-refractivity contribution in [3.8, 4) is 6.07 Å². The van der Waals surface area contributed by atoms with Gasteiger partial charge in [0.25, 0.3) is 0 Å². The Labute approximate surface area is 170 Å². The standard InChI is InChI=1S/C21H25N7O/c1-5-28-17-9-7-6-8-16(17)24-20(28)15(12-22)19-14(2)13-23-21(26-19)25-18(29)10-11-27(3)4/h6-9,13,24H,5,10-11H2,1-4H3,(H,23,25,26,29)/b20-15+. The minimum atomic E-state index is -0.166. The smallest absolute Gasteiger partial charge is 0.229 e. The van der Waals surface area contributed by atoms with E-state index < -0.39 is 0 Å². The van der Waals surface area contributed by atoms with Gasteiger partial charge < -0.3 is 15.1 Å². The number of nitrogens with one attached hydrogen (secondary N) is 2. The van der Waals surface area contributed by atoms with Crippen molar-refractivity contribution >= 4 is 28.8 Å². The van der Waals surface area contributed by atoms with Crippen LogP contribution in [0.15, 0.2) is 36.3 Å². The van der Waals surface area contributed by atoms with E-state index >= 15 is 0 Å². The maximum absolute atomic E-state index is 12.1. The van der Waals surface area contributed by atoms with Crippen LogP contribution in [0.5, 0.6) is 0 Å². The Morgan fingerprint density at radius 1 is 1.34 bits per heavy atom. The highest BCUT2D eigenvalue weighted by atomic mass is 16.1. The van der Waals surface area contributed by atoms with Gasteiger partial charge in [0.05, 0.1) is 17.1 Å². The van der Waals surface area contributed by atoms with Crippen molar-refractivity contribution < 1.29 is 4.79 Å². The Morgan fingerprint density at radius 3 is 2.79 bits per heavy atom. The van der Waals surface area contributed by atoms with E-state index in [1.165, 1.54) is 0 Å². The number of amides is 1. The Morgan fingerprint density at radius 2 is 2.10 bits per heavy atom. The van der Waals surface area contributed by atoms with Gasteiger partial charge in [-0.15, -0.1) is 0 Å². The van der Waals surface area contributed by atoms with Gasteiger partial charge in [0.1, 0.15) is 17.5 Å². The number of nitriles is 1. The van der Waals surface area contributed by atoms with Crippen LogP contribution in [0, 0.1) is 18.3 Å². The van der Waals surface area contributed by atoms with Gasteiger partial charge in [0, 0.05) is 25.7 Å². The number of allylic oxidation sites excluding steroid dienone is 1. The van der Waals surface area contributed by atoms with Crippen LogP contribution in [0.2, 0.25) is 0 Å². The van der Waals surface area contributed by atoms with E-state index in [1.54, 1.807) is 6.20 Å². The van der Waals surface area contributed by atoms with Crippen molar-refractivity contribution in [3.63, 3.8) is 0 Å². The van der Waals surface area contributed by atoms with E-state index in [2.05, 4.69) is 26.7 Å². The van der Waals surface area contributed by atoms with Crippen molar-refractivity contribution in [1.29, 1.82) is 5.26 Å². The maximum atomic E-state index is 12.1. The van der Waals surface area contributed by atoms with Crippen molar-refractivity contribution in [2.24, 2.45) is 0 Å². The summed E-state index contributed by atoms with van der Waals surface area (Å²) in [6, 6.07) is 10.2. The third-order valence-electron chi connectivity index (χ3n) is 4.63. The molecule has 0 radical (unpaired) electrons. The minimum Gasteiger partial charge on any atom is -0.339 e. The molecule has 0 fully saturated rings. The van der Waals surface area contributed by atoms with Gasteiger partial charge >= 0.3 is 0 Å². The summed E-state index contributed by atoms with van der Waals surface area (Å²) in [6.45, 7) is 5.21. The fourth-order valence-electron chi connectivity index (χ4n) is 3.14. The minimum absolute atomic E-state index is 0.166. The average Bonchev–Trinajstić information content (AvgIpc) is 3.07. The summed E-state index contributed by atoms with van der Waals surface area (Å²) in [7, 11) is 3.82. The SMILES string of the molecule is CCN1/C(=C(\C#N)c2nc(NC(=O)CCN(C)C)ncc2C)Nc2ccccc21. The predicted octanol–water partition coefficient (Wildman–Crippen LogP) is 2.82. The zero-order chi connectivity index (χ0) is 21.0. The molecule has 1 aromatic heterocycles. The fourth-order valence-corrected chi connectivity index (χ4v) is 3.14. The predicted molar refractivity (Wildman–Crippen MR) is 114 cm³/mol. The van der Waals surface area contributed by atoms with Crippen LogP contribution in [0.1, 0.15) is 24.6 Å². The van der Waals surface area contributed by atoms with Gasteiger partial charge in [-0.05, 0) is 45.6 Å². The molecular weight excluding hydrogens is 366 g/mol. The first-order valence-corrected chi connectivity index (χ1v) is 9.51. The Kier molecular flexibility index (Phi) is 6.10. The lowest BCUT2D eigenvalue weighted by molar-refractivity contribution is -0.116. The molecule has 2 aromatic rings. The van der Waals surface area contributed by atoms with Crippen molar-refractivity contribution in [3.05, 3.63) is 47.5 Å². The molecule has 29 heavy (non-hydrogen) atoms. The summed E-state index contributed by atoms with van der Waals surface area (Å²) in [4.78, 5) is 24.8. The molecule has 0 saturated carbocycles. The number of hydrogen-bond donors (Lipinski definition) is 2. The number of anilines is 3. The third-order valence-corrected chi connectivity index (χ3v) is 4.63. The van der Waals surface area contributed by atoms with Crippen LogP contribution in [0.4, 0.5) is 17.3 Å². The topological polar surface area (TPSA) is 97.2 Å². The second kappa shape index (κ2) is 8.71. The first-order valence-electron chi connectivity index (χ1n) is 9.51. The van der Waals surface area contributed by atoms with Gasteiger partial charge in [-0.3, -0.25) is 10.1 Å². The highest BCUT2D eigenvalue weighted by Crippen LogP contribution is 2.38. The Balaban J connectivity index is 1.95. The molecule has 1 amide bonds. The Hall–Kier alpha value is -3.44. The van der Waals surface area contributed by atoms with Gasteiger partial charge in [-0.2, -0.15) is 5.26 Å². The molecule has 0 spiro atoms. The summed E-state index contributed by atoms with van der Waals surface area (Å²) in [5, 5.41) is 16.0. The zero-order valence-electron chi connectivity index (χ0n) is 17.2. The van der Waals surface area contributed by atoms with E-state index in [0.717, 1.165) is 16.9 Å². The summed E-state index contributed by atoms with van der Waals surface area (Å²) >= 11 is 0. The summed E-state index contributed by atoms with van der Waals surface area (Å²) in [5.74, 6) is 0.713. The maximum Gasteiger partial charge on any atom is 0.229 e. The fraction of sp³-hybridized carbons (Fsp3) is 0.333. The van der Waals surface area contributed by atoms with Crippen LogP contribution >= 0.6 is 0 Å². The molecule has 0 bridgehead atoms. The van der Waals surface area contributed by atoms with Crippen LogP contribution in [-0.4, -0.2) is 48.0 Å². The van der Waals surface area contributed by atoms with E-state index in [9.17, 15) is 10.1 Å². The van der Waals surface area contributed by atoms with Crippen molar-refractivity contribution in [2.75, 3.05) is 42.7 Å². The first-order chi connectivity index (χ1) is 13.9. The molecular formula is C21H25N7O. The van der Waals surface area contributed by atoms with E-state index in [4.69, 9.17) is 0 Å². The molecule has 0 saturated heterocycles. The molecule has 150 valence electrons. The number of benzene rings is 1. The third kappa shape index (κ3) is 4.36. The second-order valence-electron chi connectivity index (χ2n) is 7.05. The number of aromatic nitrogens is 2. The lowest BCUT2D eigenvalue weighted by atomic mass is 10.1. The quantitative estimate of drug-likeness (QED) is 0.731. The number of carbonyl (C=O) groups excluding carboxylic acids is 1. The van der Waals surface area contributed by atoms with Crippen LogP contribution in [-0.2, 0) is 4.79 Å². The number of nitrogens with zero attached hydrogens (tertiary/aromatic N) is 5. The highest BCUT2D eigenvalue weighted by Gasteiger charge is 2.27. The van der Waals surface area contributed by atoms with Gasteiger partial charge in [0.15, 0.2) is 0 Å². The molecule has 0 unspecified atom stereocenters. The number of carbonyl (C=O) groups is 1. The number of fused-ring (bicyclic) bond motifs is 1. The van der Waals surface area contributed by atoms with Crippen molar-refractivity contribution in [2.45, 2.75) is 20.3 Å². The first kappa shape index (κ1) is 20.3. The Bertz CT molecular complexity index is 991. The number of hydrogen-bond acceptors (Lipinski definition) is 7. The molecule has 2 N–H and O–H groups in total. The monoisotopic (exact) mass is 391 g/mol. The van der Waals surface area contributed by atoms with E-state index in [-0.39, 0.29) is 11.9 Å². The molecule has 3 rings (SSSR count). The summed E-state index contributed by atoms with van der Waals surface area (Å²) < 4.78 is 0. The molecule has 2 heterocycles. The van der Waals surface area contributed by atoms with Gasteiger partial charge in [0.2, 0.25) is 11.9 Å². The average molecular weight is 391 g/mol. The van der Waals surface area contributed by atoms with Gasteiger partial charge in [-0.1, -0.05) is 12.1 Å². The number of aryl methyl sites for hydroxylation is 1. The number of rotatable bonds is 6. The van der Waals surface area contributed by atoms with Crippen LogP contribution in [0.3, 0.4) is 0 Å². The van der Waals surface area contributed by atoms with Crippen LogP contribution < -0.4 is 15.5 Å². The molecule has 1 aromatic carbocycles. The highest BCUT2D eigenvalue weighted by molar-refractivity contribution is 5.92. The zero-order valence-corrected chi connectivity index (χ0v) is 17.2. The normalized spacial score (nSPS) is 14.3. The molecule has 1 aliphatic heterocycles. The molecule has 0 atom stereocenters. The molecule has 8 nitrogen and oxygen atoms in total. The number of para-hydroxylation sites is 2. The summed E-state index contributed by atoms with van der Waals surface area (Å²) in [6.07, 6.45) is 1.96. The van der Waals surface area contributed by atoms with E-state index in [1.807, 2.05) is 62.0 Å². The second-order valence-corrected chi connectivity index (χ2v) is 7.05. The van der Waals surface area contributed by atoms with Crippen molar-refractivity contribution in [1.82, 2.24) is 14.9 Å². The lowest BCUT2D eigenvalue weighted by Crippen LogP contribution is -2.23.